The van der Waals surface area contributed by atoms with Crippen LogP contribution >= 0.6 is 11.6 Å². The highest BCUT2D eigenvalue weighted by Crippen LogP contribution is 2.35. The predicted octanol–water partition coefficient (Wildman–Crippen LogP) is 1.45. The van der Waals surface area contributed by atoms with Crippen LogP contribution in [0.5, 0.6) is 0 Å². The molecule has 0 fully saturated rings. The van der Waals surface area contributed by atoms with Crippen molar-refractivity contribution in [3.63, 3.8) is 0 Å². The Kier molecular flexibility index (Phi) is 4.60. The van der Waals surface area contributed by atoms with Crippen LogP contribution in [0.2, 0.25) is 0 Å². The van der Waals surface area contributed by atoms with Gasteiger partial charge in [-0.25, -0.2) is 0 Å². The zero-order valence-corrected chi connectivity index (χ0v) is 10.4. The molecule has 1 rings (SSSR count). The van der Waals surface area contributed by atoms with E-state index in [2.05, 4.69) is 0 Å². The average Bonchev–Trinajstić information content (AvgIpc) is 2.35. The third kappa shape index (κ3) is 2.90. The number of carboxylic acids is 1. The van der Waals surface area contributed by atoms with Crippen LogP contribution in [-0.2, 0) is 4.79 Å². The molecule has 104 valence electrons. The van der Waals surface area contributed by atoms with Crippen LogP contribution in [-0.4, -0.2) is 32.3 Å². The van der Waals surface area contributed by atoms with Gasteiger partial charge < -0.3 is 5.11 Å². The van der Waals surface area contributed by atoms with Gasteiger partial charge in [0.1, 0.15) is 5.92 Å². The number of aliphatic carboxylic acids is 1. The summed E-state index contributed by atoms with van der Waals surface area (Å²) in [6.45, 7) is 0. The summed E-state index contributed by atoms with van der Waals surface area (Å²) in [6.07, 6.45) is 2.76. The van der Waals surface area contributed by atoms with Crippen molar-refractivity contribution in [2.24, 2.45) is 5.92 Å². The number of allylic oxidation sites excluding steroid dienone is 1. The lowest BCUT2D eigenvalue weighted by molar-refractivity contribution is -0.564. The molecule has 0 aromatic heterocycles. The minimum atomic E-state index is -2.03. The molecule has 0 amide bonds. The van der Waals surface area contributed by atoms with Gasteiger partial charge in [0.05, 0.1) is 11.0 Å². The second kappa shape index (κ2) is 5.79. The number of hydrogen-bond acceptors (Lipinski definition) is 5. The van der Waals surface area contributed by atoms with E-state index < -0.39 is 33.0 Å². The van der Waals surface area contributed by atoms with Gasteiger partial charge in [-0.1, -0.05) is 6.08 Å². The molecule has 0 radical (unpaired) electrons. The van der Waals surface area contributed by atoms with Gasteiger partial charge >= 0.3 is 5.97 Å². The van der Waals surface area contributed by atoms with Gasteiger partial charge in [0.25, 0.3) is 11.2 Å². The molecule has 1 aliphatic carbocycles. The van der Waals surface area contributed by atoms with Crippen molar-refractivity contribution >= 4 is 17.6 Å². The van der Waals surface area contributed by atoms with Crippen LogP contribution in [0.3, 0.4) is 0 Å². The molecule has 8 nitrogen and oxygen atoms in total. The maximum atomic E-state index is 11.3. The molecule has 0 saturated carbocycles. The summed E-state index contributed by atoms with van der Waals surface area (Å²) in [5.74, 6) is -2.75. The molecule has 0 saturated heterocycles. The van der Waals surface area contributed by atoms with Crippen molar-refractivity contribution in [3.8, 4) is 0 Å². The summed E-state index contributed by atoms with van der Waals surface area (Å²) in [5.41, 5.74) is -2.51. The maximum absolute atomic E-state index is 11.3. The number of carbonyl (C=O) groups is 1. The first-order valence-corrected chi connectivity index (χ1v) is 5.87. The molecular weight excluding hydrogens is 280 g/mol. The minimum Gasteiger partial charge on any atom is -0.481 e. The minimum absolute atomic E-state index is 0.104. The second-order valence-corrected chi connectivity index (χ2v) is 4.42. The first-order valence-electron chi connectivity index (χ1n) is 5.34. The first-order chi connectivity index (χ1) is 8.85. The monoisotopic (exact) mass is 290 g/mol. The molecule has 9 heteroatoms. The summed E-state index contributed by atoms with van der Waals surface area (Å²) < 4.78 is 0. The van der Waals surface area contributed by atoms with Crippen LogP contribution in [0.15, 0.2) is 23.9 Å². The Morgan fingerprint density at radius 2 is 2.11 bits per heavy atom. The predicted molar refractivity (Wildman–Crippen MR) is 65.0 cm³/mol. The van der Waals surface area contributed by atoms with Crippen LogP contribution < -0.4 is 0 Å². The molecule has 0 aliphatic heterocycles. The van der Waals surface area contributed by atoms with E-state index in [-0.39, 0.29) is 18.7 Å². The topological polar surface area (TPSA) is 124 Å². The molecule has 0 bridgehead atoms. The lowest BCUT2D eigenvalue weighted by atomic mass is 9.77. The normalized spacial score (nSPS) is 25.7. The highest BCUT2D eigenvalue weighted by atomic mass is 35.5. The number of halogens is 1. The second-order valence-electron chi connectivity index (χ2n) is 4.04. The number of hydrogen-bond donors (Lipinski definition) is 1. The van der Waals surface area contributed by atoms with Gasteiger partial charge in [-0.15, -0.1) is 11.6 Å². The molecule has 19 heavy (non-hydrogen) atoms. The Morgan fingerprint density at radius 3 is 2.53 bits per heavy atom. The van der Waals surface area contributed by atoms with Crippen molar-refractivity contribution in [3.05, 3.63) is 44.2 Å². The van der Waals surface area contributed by atoms with Gasteiger partial charge in [0, 0.05) is 23.3 Å². The highest BCUT2D eigenvalue weighted by Gasteiger charge is 2.54. The van der Waals surface area contributed by atoms with E-state index in [0.29, 0.717) is 0 Å². The SMILES string of the molecule is O=C(O)C1C=CC([N+](=O)[O-])=CC1(CCCCl)[N+](=O)[O-]. The molecule has 0 spiro atoms. The van der Waals surface area contributed by atoms with E-state index in [1.807, 2.05) is 0 Å². The Bertz CT molecular complexity index is 475. The Morgan fingerprint density at radius 1 is 1.47 bits per heavy atom. The molecule has 1 N–H and O–H groups in total. The zero-order chi connectivity index (χ0) is 14.6. The summed E-state index contributed by atoms with van der Waals surface area (Å²) in [6, 6.07) is 0. The van der Waals surface area contributed by atoms with Crippen LogP contribution in [0.4, 0.5) is 0 Å². The van der Waals surface area contributed by atoms with E-state index >= 15 is 0 Å². The summed E-state index contributed by atoms with van der Waals surface area (Å²) in [5, 5.41) is 31.0. The molecule has 2 unspecified atom stereocenters. The quantitative estimate of drug-likeness (QED) is 0.448. The van der Waals surface area contributed by atoms with E-state index in [4.69, 9.17) is 16.7 Å². The number of carboxylic acid groups (broad SMARTS) is 1. The first kappa shape index (κ1) is 15.1. The smallest absolute Gasteiger partial charge is 0.318 e. The molecular formula is C10H11ClN2O6. The number of nitro groups is 2. The fraction of sp³-hybridized carbons (Fsp3) is 0.500. The van der Waals surface area contributed by atoms with Gasteiger partial charge in [-0.3, -0.25) is 25.0 Å². The van der Waals surface area contributed by atoms with E-state index in [1.165, 1.54) is 0 Å². The van der Waals surface area contributed by atoms with Gasteiger partial charge in [0.2, 0.25) is 0 Å². The number of alkyl halides is 1. The van der Waals surface area contributed by atoms with E-state index in [0.717, 1.165) is 18.2 Å². The summed E-state index contributed by atoms with van der Waals surface area (Å²) >= 11 is 5.47. The van der Waals surface area contributed by atoms with Crippen molar-refractivity contribution < 1.29 is 19.7 Å². The molecule has 0 heterocycles. The highest BCUT2D eigenvalue weighted by molar-refractivity contribution is 6.17. The Hall–Kier alpha value is -1.96. The molecule has 0 aromatic rings. The number of nitrogens with zero attached hydrogens (tertiary/aromatic N) is 2. The van der Waals surface area contributed by atoms with Crippen LogP contribution in [0.1, 0.15) is 12.8 Å². The zero-order valence-electron chi connectivity index (χ0n) is 9.69. The van der Waals surface area contributed by atoms with E-state index in [9.17, 15) is 25.0 Å². The standard InChI is InChI=1S/C10H11ClN2O6/c11-5-1-4-10(13(18)19)6-7(12(16)17)2-3-8(10)9(14)15/h2-3,6,8H,1,4-5H2,(H,14,15). The fourth-order valence-electron chi connectivity index (χ4n) is 2.00. The molecule has 2 atom stereocenters. The van der Waals surface area contributed by atoms with Crippen LogP contribution in [0, 0.1) is 26.1 Å². The lowest BCUT2D eigenvalue weighted by Crippen LogP contribution is -2.48. The maximum Gasteiger partial charge on any atom is 0.318 e. The number of rotatable bonds is 6. The third-order valence-electron chi connectivity index (χ3n) is 2.92. The average molecular weight is 291 g/mol. The van der Waals surface area contributed by atoms with Gasteiger partial charge in [-0.05, 0) is 6.42 Å². The molecule has 0 aromatic carbocycles. The largest absolute Gasteiger partial charge is 0.481 e. The van der Waals surface area contributed by atoms with Crippen LogP contribution in [0.25, 0.3) is 0 Å². The van der Waals surface area contributed by atoms with Crippen molar-refractivity contribution in [1.82, 2.24) is 0 Å². The van der Waals surface area contributed by atoms with Crippen molar-refractivity contribution in [2.75, 3.05) is 5.88 Å². The van der Waals surface area contributed by atoms with Crippen molar-refractivity contribution in [1.29, 1.82) is 0 Å². The Balaban J connectivity index is 3.31. The van der Waals surface area contributed by atoms with Crippen molar-refractivity contribution in [2.45, 2.75) is 18.4 Å². The third-order valence-corrected chi connectivity index (χ3v) is 3.19. The lowest BCUT2D eigenvalue weighted by Gasteiger charge is -2.27. The van der Waals surface area contributed by atoms with E-state index in [1.54, 1.807) is 0 Å². The Labute approximate surface area is 112 Å². The summed E-state index contributed by atoms with van der Waals surface area (Å²) in [4.78, 5) is 31.5. The molecule has 1 aliphatic rings. The fourth-order valence-corrected chi connectivity index (χ4v) is 2.13. The van der Waals surface area contributed by atoms with Gasteiger partial charge in [0.15, 0.2) is 0 Å². The van der Waals surface area contributed by atoms with Gasteiger partial charge in [-0.2, -0.15) is 0 Å². The summed E-state index contributed by atoms with van der Waals surface area (Å²) in [7, 11) is 0.